The Labute approximate surface area is 107 Å². The fourth-order valence-electron chi connectivity index (χ4n) is 2.25. The Hall–Kier alpha value is -1.43. The minimum Gasteiger partial charge on any atom is -0.314 e. The van der Waals surface area contributed by atoms with Crippen LogP contribution in [-0.4, -0.2) is 24.4 Å². The summed E-state index contributed by atoms with van der Waals surface area (Å²) < 4.78 is 0.814. The number of anilines is 1. The van der Waals surface area contributed by atoms with Gasteiger partial charge in [-0.3, -0.25) is 14.9 Å². The quantitative estimate of drug-likeness (QED) is 0.619. The van der Waals surface area contributed by atoms with Gasteiger partial charge < -0.3 is 4.90 Å². The number of rotatable bonds is 2. The molecule has 6 heteroatoms. The molecular weight excluding hydrogens is 288 g/mol. The fourth-order valence-corrected chi connectivity index (χ4v) is 2.61. The molecule has 0 aliphatic carbocycles. The number of benzene rings is 1. The highest BCUT2D eigenvalue weighted by Crippen LogP contribution is 2.42. The number of amides is 1. The second-order valence-electron chi connectivity index (χ2n) is 4.35. The molecule has 1 heterocycles. The van der Waals surface area contributed by atoms with Gasteiger partial charge in [0.25, 0.3) is 0 Å². The van der Waals surface area contributed by atoms with Crippen LogP contribution in [-0.2, 0) is 10.2 Å². The molecule has 1 amide bonds. The van der Waals surface area contributed by atoms with Gasteiger partial charge in [0.05, 0.1) is 0 Å². The number of nitrogens with zero attached hydrogens (tertiary/aromatic N) is 2. The van der Waals surface area contributed by atoms with Crippen molar-refractivity contribution in [1.82, 2.24) is 0 Å². The summed E-state index contributed by atoms with van der Waals surface area (Å²) in [5.74, 6) is -0.234. The first-order valence-electron chi connectivity index (χ1n) is 5.06. The Balaban J connectivity index is 2.60. The average molecular weight is 299 g/mol. The van der Waals surface area contributed by atoms with Crippen LogP contribution in [0.1, 0.15) is 12.5 Å². The average Bonchev–Trinajstić information content (AvgIpc) is 2.41. The molecule has 0 aromatic heterocycles. The van der Waals surface area contributed by atoms with Gasteiger partial charge >= 0.3 is 0 Å². The van der Waals surface area contributed by atoms with E-state index in [4.69, 9.17) is 0 Å². The number of hydrogen-bond donors (Lipinski definition) is 0. The molecule has 0 unspecified atom stereocenters. The van der Waals surface area contributed by atoms with Crippen molar-refractivity contribution in [2.75, 3.05) is 18.5 Å². The zero-order valence-electron chi connectivity index (χ0n) is 9.44. The number of fused-ring (bicyclic) bond motifs is 1. The van der Waals surface area contributed by atoms with Gasteiger partial charge in [-0.2, -0.15) is 0 Å². The Bertz CT molecular complexity index is 517. The van der Waals surface area contributed by atoms with E-state index in [9.17, 15) is 14.9 Å². The highest BCUT2D eigenvalue weighted by Gasteiger charge is 2.49. The summed E-state index contributed by atoms with van der Waals surface area (Å²) in [5, 5.41) is 10.7. The summed E-state index contributed by atoms with van der Waals surface area (Å²) in [4.78, 5) is 23.9. The third-order valence-corrected chi connectivity index (χ3v) is 3.63. The molecule has 1 aromatic carbocycles. The van der Waals surface area contributed by atoms with Gasteiger partial charge in [0.2, 0.25) is 12.5 Å². The topological polar surface area (TPSA) is 63.5 Å². The molecule has 1 atom stereocenters. The van der Waals surface area contributed by atoms with Gasteiger partial charge in [-0.1, -0.05) is 15.9 Å². The van der Waals surface area contributed by atoms with E-state index in [-0.39, 0.29) is 12.5 Å². The molecule has 1 aromatic rings. The lowest BCUT2D eigenvalue weighted by Gasteiger charge is -2.18. The van der Waals surface area contributed by atoms with Crippen LogP contribution in [0, 0.1) is 10.1 Å². The molecule has 0 saturated heterocycles. The van der Waals surface area contributed by atoms with Crippen molar-refractivity contribution in [3.8, 4) is 0 Å². The maximum atomic E-state index is 12.1. The molecule has 5 nitrogen and oxygen atoms in total. The lowest BCUT2D eigenvalue weighted by Crippen LogP contribution is -2.41. The van der Waals surface area contributed by atoms with Gasteiger partial charge in [0, 0.05) is 22.1 Å². The van der Waals surface area contributed by atoms with E-state index >= 15 is 0 Å². The number of carbonyl (C=O) groups excluding carboxylic acids is 1. The molecule has 0 radical (unpaired) electrons. The van der Waals surface area contributed by atoms with E-state index in [0.29, 0.717) is 5.56 Å². The number of halogens is 1. The second kappa shape index (κ2) is 3.80. The van der Waals surface area contributed by atoms with Crippen LogP contribution in [0.4, 0.5) is 5.69 Å². The summed E-state index contributed by atoms with van der Waals surface area (Å²) >= 11 is 3.32. The molecule has 2 rings (SSSR count). The Morgan fingerprint density at radius 3 is 2.76 bits per heavy atom. The molecule has 0 spiro atoms. The third kappa shape index (κ3) is 1.72. The van der Waals surface area contributed by atoms with Crippen LogP contribution >= 0.6 is 15.9 Å². The predicted molar refractivity (Wildman–Crippen MR) is 66.8 cm³/mol. The second-order valence-corrected chi connectivity index (χ2v) is 5.26. The molecule has 1 aliphatic rings. The third-order valence-electron chi connectivity index (χ3n) is 3.14. The number of likely N-dealkylation sites (N-methyl/N-ethyl adjacent to an activating group) is 1. The number of nitro groups is 1. The number of hydrogen-bond acceptors (Lipinski definition) is 3. The van der Waals surface area contributed by atoms with Crippen molar-refractivity contribution in [1.29, 1.82) is 0 Å². The molecular formula is C11H11BrN2O3. The summed E-state index contributed by atoms with van der Waals surface area (Å²) in [6, 6.07) is 5.39. The SMILES string of the molecule is CN1C(=O)[C@](C)(C[N+](=O)[O-])c2cc(Br)ccc21. The monoisotopic (exact) mass is 298 g/mol. The maximum absolute atomic E-state index is 12.1. The van der Waals surface area contributed by atoms with Crippen LogP contribution in [0.2, 0.25) is 0 Å². The lowest BCUT2D eigenvalue weighted by atomic mass is 9.84. The Morgan fingerprint density at radius 1 is 1.53 bits per heavy atom. The van der Waals surface area contributed by atoms with Crippen molar-refractivity contribution < 1.29 is 9.72 Å². The van der Waals surface area contributed by atoms with Crippen LogP contribution < -0.4 is 4.90 Å². The van der Waals surface area contributed by atoms with Crippen molar-refractivity contribution in [2.45, 2.75) is 12.3 Å². The van der Waals surface area contributed by atoms with E-state index in [1.54, 1.807) is 26.1 Å². The summed E-state index contributed by atoms with van der Waals surface area (Å²) in [5.41, 5.74) is 0.371. The van der Waals surface area contributed by atoms with E-state index in [1.807, 2.05) is 6.07 Å². The van der Waals surface area contributed by atoms with Crippen LogP contribution in [0.15, 0.2) is 22.7 Å². The normalized spacial score (nSPS) is 22.8. The van der Waals surface area contributed by atoms with Crippen LogP contribution in [0.3, 0.4) is 0 Å². The van der Waals surface area contributed by atoms with E-state index in [0.717, 1.165) is 10.2 Å². The zero-order chi connectivity index (χ0) is 12.8. The molecule has 17 heavy (non-hydrogen) atoms. The van der Waals surface area contributed by atoms with Crippen molar-refractivity contribution >= 4 is 27.5 Å². The van der Waals surface area contributed by atoms with E-state index in [2.05, 4.69) is 15.9 Å². The molecule has 90 valence electrons. The lowest BCUT2D eigenvalue weighted by molar-refractivity contribution is -0.487. The molecule has 1 aliphatic heterocycles. The number of carbonyl (C=O) groups is 1. The van der Waals surface area contributed by atoms with Crippen LogP contribution in [0.5, 0.6) is 0 Å². The Morgan fingerprint density at radius 2 is 2.18 bits per heavy atom. The van der Waals surface area contributed by atoms with E-state index in [1.165, 1.54) is 4.90 Å². The van der Waals surface area contributed by atoms with Gasteiger partial charge in [0.15, 0.2) is 0 Å². The van der Waals surface area contributed by atoms with Crippen molar-refractivity contribution in [2.24, 2.45) is 0 Å². The summed E-state index contributed by atoms with van der Waals surface area (Å²) in [6.45, 7) is 1.23. The van der Waals surface area contributed by atoms with Crippen LogP contribution in [0.25, 0.3) is 0 Å². The van der Waals surface area contributed by atoms with Crippen molar-refractivity contribution in [3.05, 3.63) is 38.3 Å². The Kier molecular flexibility index (Phi) is 2.69. The van der Waals surface area contributed by atoms with Gasteiger partial charge in [0.1, 0.15) is 5.41 Å². The smallest absolute Gasteiger partial charge is 0.243 e. The maximum Gasteiger partial charge on any atom is 0.243 e. The predicted octanol–water partition coefficient (Wildman–Crippen LogP) is 1.96. The summed E-state index contributed by atoms with van der Waals surface area (Å²) in [7, 11) is 1.64. The highest BCUT2D eigenvalue weighted by molar-refractivity contribution is 9.10. The first kappa shape index (κ1) is 12.0. The van der Waals surface area contributed by atoms with Crippen molar-refractivity contribution in [3.63, 3.8) is 0 Å². The minimum absolute atomic E-state index is 0.234. The summed E-state index contributed by atoms with van der Waals surface area (Å²) in [6.07, 6.45) is 0. The van der Waals surface area contributed by atoms with Gasteiger partial charge in [-0.15, -0.1) is 0 Å². The van der Waals surface area contributed by atoms with Gasteiger partial charge in [-0.25, -0.2) is 0 Å². The zero-order valence-corrected chi connectivity index (χ0v) is 11.0. The molecule has 0 N–H and O–H groups in total. The highest BCUT2D eigenvalue weighted by atomic mass is 79.9. The largest absolute Gasteiger partial charge is 0.314 e. The fraction of sp³-hybridized carbons (Fsp3) is 0.364. The molecule has 0 saturated carbocycles. The first-order valence-corrected chi connectivity index (χ1v) is 5.85. The first-order chi connectivity index (χ1) is 7.86. The van der Waals surface area contributed by atoms with E-state index < -0.39 is 10.3 Å². The molecule has 0 bridgehead atoms. The standard InChI is InChI=1S/C11H11BrN2O3/c1-11(6-14(16)17)8-5-7(12)3-4-9(8)13(2)10(11)15/h3-5H,6H2,1-2H3/t11-/m1/s1. The minimum atomic E-state index is -1.07. The van der Waals surface area contributed by atoms with Gasteiger partial charge in [-0.05, 0) is 30.7 Å². The molecule has 0 fully saturated rings.